The molecule has 0 aromatic rings. The van der Waals surface area contributed by atoms with Gasteiger partial charge in [0, 0.05) is 6.42 Å². The van der Waals surface area contributed by atoms with Crippen LogP contribution in [0.2, 0.25) is 0 Å². The van der Waals surface area contributed by atoms with Gasteiger partial charge in [-0.1, -0.05) is 197 Å². The first-order valence-corrected chi connectivity index (χ1v) is 26.7. The number of amides is 1. The molecular formula is C52H98N2O6P+. The summed E-state index contributed by atoms with van der Waals surface area (Å²) in [6.07, 6.45) is 57.3. The first-order valence-electron chi connectivity index (χ1n) is 25.2. The first-order chi connectivity index (χ1) is 29.5. The van der Waals surface area contributed by atoms with Crippen LogP contribution in [0.1, 0.15) is 213 Å². The molecule has 0 aliphatic heterocycles. The molecule has 3 atom stereocenters. The number of nitrogens with zero attached hydrogens (tertiary/aromatic N) is 1. The van der Waals surface area contributed by atoms with Crippen molar-refractivity contribution >= 4 is 13.7 Å². The predicted octanol–water partition coefficient (Wildman–Crippen LogP) is 14.6. The van der Waals surface area contributed by atoms with Crippen LogP contribution in [0, 0.1) is 0 Å². The Labute approximate surface area is 377 Å². The highest BCUT2D eigenvalue weighted by Gasteiger charge is 2.27. The van der Waals surface area contributed by atoms with Crippen molar-refractivity contribution in [1.29, 1.82) is 0 Å². The Hall–Kier alpha value is -1.80. The second kappa shape index (κ2) is 43.5. The Kier molecular flexibility index (Phi) is 42.2. The van der Waals surface area contributed by atoms with Crippen LogP contribution >= 0.6 is 7.82 Å². The summed E-state index contributed by atoms with van der Waals surface area (Å²) in [6, 6.07) is -0.872. The lowest BCUT2D eigenvalue weighted by Crippen LogP contribution is -2.45. The standard InChI is InChI=1S/C52H97N2O6P/c1-6-8-10-12-14-16-18-20-22-24-26-28-29-31-33-35-37-39-41-43-45-51(55)50(49-60-61(57,58)59-48-47-54(3,4)5)53-52(56)46-44-42-40-38-36-34-32-30-27-25-23-21-19-17-15-13-11-9-7-2/h15,17,21,23,27,30,35,37,43,45,50-51,55H,6-14,16,18-20,22,24-26,28-29,31-34,36,38-42,44,46-49H2,1-5H3,(H-,53,56,57,58)/p+1/b17-15-,23-21-,30-27-,37-35+,45-43+. The highest BCUT2D eigenvalue weighted by molar-refractivity contribution is 7.47. The zero-order valence-corrected chi connectivity index (χ0v) is 41.3. The molecule has 0 aromatic heterocycles. The van der Waals surface area contributed by atoms with Gasteiger partial charge in [-0.15, -0.1) is 0 Å². The van der Waals surface area contributed by atoms with Gasteiger partial charge in [0.1, 0.15) is 13.2 Å². The largest absolute Gasteiger partial charge is 0.472 e. The van der Waals surface area contributed by atoms with E-state index in [0.717, 1.165) is 64.2 Å². The minimum atomic E-state index is -4.36. The second-order valence-corrected chi connectivity index (χ2v) is 19.6. The van der Waals surface area contributed by atoms with Crippen molar-refractivity contribution in [2.75, 3.05) is 40.9 Å². The van der Waals surface area contributed by atoms with Gasteiger partial charge in [0.2, 0.25) is 5.91 Å². The zero-order valence-electron chi connectivity index (χ0n) is 40.4. The summed E-state index contributed by atoms with van der Waals surface area (Å²) in [5.41, 5.74) is 0. The van der Waals surface area contributed by atoms with Gasteiger partial charge in [-0.25, -0.2) is 4.57 Å². The Balaban J connectivity index is 4.42. The summed E-state index contributed by atoms with van der Waals surface area (Å²) in [4.78, 5) is 23.2. The van der Waals surface area contributed by atoms with Crippen molar-refractivity contribution in [1.82, 2.24) is 5.32 Å². The number of nitrogens with one attached hydrogen (secondary N) is 1. The van der Waals surface area contributed by atoms with E-state index in [1.54, 1.807) is 6.08 Å². The lowest BCUT2D eigenvalue weighted by Gasteiger charge is -2.25. The van der Waals surface area contributed by atoms with Gasteiger partial charge in [0.25, 0.3) is 0 Å². The molecule has 0 saturated carbocycles. The van der Waals surface area contributed by atoms with E-state index in [2.05, 4.69) is 67.8 Å². The summed E-state index contributed by atoms with van der Waals surface area (Å²) in [6.45, 7) is 4.76. The number of carbonyl (C=O) groups excluding carboxylic acids is 1. The molecule has 3 N–H and O–H groups in total. The van der Waals surface area contributed by atoms with Crippen LogP contribution in [0.4, 0.5) is 0 Å². The lowest BCUT2D eigenvalue weighted by molar-refractivity contribution is -0.870. The molecule has 0 bridgehead atoms. The van der Waals surface area contributed by atoms with Gasteiger partial charge in [0.05, 0.1) is 39.9 Å². The number of quaternary nitrogens is 1. The summed E-state index contributed by atoms with van der Waals surface area (Å²) < 4.78 is 23.6. The van der Waals surface area contributed by atoms with Crippen LogP contribution in [0.15, 0.2) is 60.8 Å². The molecule has 0 aliphatic rings. The highest BCUT2D eigenvalue weighted by Crippen LogP contribution is 2.43. The molecule has 0 radical (unpaired) electrons. The number of aliphatic hydroxyl groups excluding tert-OH is 1. The maximum absolute atomic E-state index is 12.9. The molecule has 0 spiro atoms. The molecule has 1 amide bonds. The molecule has 8 nitrogen and oxygen atoms in total. The number of hydrogen-bond acceptors (Lipinski definition) is 5. The van der Waals surface area contributed by atoms with Crippen LogP contribution in [0.5, 0.6) is 0 Å². The molecule has 0 rings (SSSR count). The van der Waals surface area contributed by atoms with Crippen LogP contribution in [0.25, 0.3) is 0 Å². The number of hydrogen-bond donors (Lipinski definition) is 3. The van der Waals surface area contributed by atoms with E-state index in [9.17, 15) is 19.4 Å². The van der Waals surface area contributed by atoms with Crippen molar-refractivity contribution < 1.29 is 32.9 Å². The van der Waals surface area contributed by atoms with Gasteiger partial charge in [-0.05, 0) is 70.6 Å². The molecule has 0 heterocycles. The number of carbonyl (C=O) groups is 1. The van der Waals surface area contributed by atoms with Crippen LogP contribution in [0.3, 0.4) is 0 Å². The fourth-order valence-electron chi connectivity index (χ4n) is 6.95. The SMILES string of the molecule is CCCCC/C=C\C/C=C\C/C=C\CCCCCCCCC(=O)NC(COP(=O)(O)OCC[N+](C)(C)C)C(O)/C=C/CC/C=C/CCCCCCCCCCCCCCCC. The average Bonchev–Trinajstić information content (AvgIpc) is 3.21. The second-order valence-electron chi connectivity index (χ2n) is 18.2. The Morgan fingerprint density at radius 1 is 0.557 bits per heavy atom. The van der Waals surface area contributed by atoms with Gasteiger partial charge < -0.3 is 19.8 Å². The van der Waals surface area contributed by atoms with Gasteiger partial charge >= 0.3 is 7.82 Å². The predicted molar refractivity (Wildman–Crippen MR) is 263 cm³/mol. The number of aliphatic hydroxyl groups is 1. The maximum Gasteiger partial charge on any atom is 0.472 e. The Morgan fingerprint density at radius 2 is 0.951 bits per heavy atom. The minimum absolute atomic E-state index is 0.0511. The third-order valence-corrected chi connectivity index (χ3v) is 11.9. The molecule has 0 saturated heterocycles. The van der Waals surface area contributed by atoms with Crippen molar-refractivity contribution in [2.45, 2.75) is 225 Å². The normalized spacial score (nSPS) is 14.7. The van der Waals surface area contributed by atoms with Crippen molar-refractivity contribution in [3.05, 3.63) is 60.8 Å². The highest BCUT2D eigenvalue weighted by atomic mass is 31.2. The number of rotatable bonds is 45. The number of phosphoric acid groups is 1. The van der Waals surface area contributed by atoms with Crippen molar-refractivity contribution in [3.8, 4) is 0 Å². The minimum Gasteiger partial charge on any atom is -0.387 e. The first kappa shape index (κ1) is 59.2. The Morgan fingerprint density at radius 3 is 1.46 bits per heavy atom. The molecule has 0 fully saturated rings. The maximum atomic E-state index is 12.9. The van der Waals surface area contributed by atoms with Crippen LogP contribution in [-0.4, -0.2) is 73.4 Å². The van der Waals surface area contributed by atoms with E-state index in [-0.39, 0.29) is 19.1 Å². The van der Waals surface area contributed by atoms with Crippen LogP contribution in [-0.2, 0) is 18.4 Å². The average molecular weight is 878 g/mol. The third-order valence-electron chi connectivity index (χ3n) is 11.0. The summed E-state index contributed by atoms with van der Waals surface area (Å²) in [5, 5.41) is 13.9. The number of likely N-dealkylation sites (N-methyl/N-ethyl adjacent to an activating group) is 1. The van der Waals surface area contributed by atoms with Gasteiger partial charge in [-0.2, -0.15) is 0 Å². The quantitative estimate of drug-likeness (QED) is 0.0244. The summed E-state index contributed by atoms with van der Waals surface area (Å²) in [7, 11) is 1.54. The molecule has 0 aromatic carbocycles. The number of unbranched alkanes of at least 4 members (excludes halogenated alkanes) is 24. The topological polar surface area (TPSA) is 105 Å². The molecule has 0 aliphatic carbocycles. The van der Waals surface area contributed by atoms with Crippen LogP contribution < -0.4 is 5.32 Å². The lowest BCUT2D eigenvalue weighted by atomic mass is 10.0. The zero-order chi connectivity index (χ0) is 45.0. The van der Waals surface area contributed by atoms with E-state index >= 15 is 0 Å². The fourth-order valence-corrected chi connectivity index (χ4v) is 7.68. The molecular weight excluding hydrogens is 780 g/mol. The van der Waals surface area contributed by atoms with Gasteiger partial charge in [0.15, 0.2) is 0 Å². The summed E-state index contributed by atoms with van der Waals surface area (Å²) >= 11 is 0. The fraction of sp³-hybridized carbons (Fsp3) is 0.788. The molecule has 3 unspecified atom stereocenters. The summed E-state index contributed by atoms with van der Waals surface area (Å²) in [5.74, 6) is -0.201. The smallest absolute Gasteiger partial charge is 0.387 e. The van der Waals surface area contributed by atoms with Crippen molar-refractivity contribution in [2.24, 2.45) is 0 Å². The van der Waals surface area contributed by atoms with Gasteiger partial charge in [-0.3, -0.25) is 13.8 Å². The number of allylic oxidation sites excluding steroid dienone is 9. The van der Waals surface area contributed by atoms with Crippen molar-refractivity contribution in [3.63, 3.8) is 0 Å². The molecule has 9 heteroatoms. The third kappa shape index (κ3) is 46.0. The van der Waals surface area contributed by atoms with E-state index in [0.29, 0.717) is 17.4 Å². The molecule has 356 valence electrons. The Bertz CT molecular complexity index is 1180. The van der Waals surface area contributed by atoms with E-state index in [1.165, 1.54) is 128 Å². The van der Waals surface area contributed by atoms with E-state index in [1.807, 2.05) is 27.2 Å². The number of phosphoric ester groups is 1. The van der Waals surface area contributed by atoms with E-state index < -0.39 is 20.0 Å². The molecule has 61 heavy (non-hydrogen) atoms. The van der Waals surface area contributed by atoms with E-state index in [4.69, 9.17) is 9.05 Å². The monoisotopic (exact) mass is 878 g/mol.